The average Bonchev–Trinajstić information content (AvgIpc) is 2.89. The second-order valence-corrected chi connectivity index (χ2v) is 5.51. The Morgan fingerprint density at radius 1 is 1.28 bits per heavy atom. The molecule has 0 spiro atoms. The maximum absolute atomic E-state index is 12.8. The number of Topliss-reactive ketones (excluding diaryl/α,β-unsaturated/α-hetero) is 1. The largest absolute Gasteiger partial charge is 0.298 e. The summed E-state index contributed by atoms with van der Waals surface area (Å²) in [5.74, 6) is 0.447. The van der Waals surface area contributed by atoms with E-state index in [0.717, 1.165) is 6.42 Å². The highest BCUT2D eigenvalue weighted by Gasteiger charge is 2.21. The fourth-order valence-electron chi connectivity index (χ4n) is 2.59. The normalized spacial score (nSPS) is 17.9. The molecule has 0 aliphatic heterocycles. The summed E-state index contributed by atoms with van der Waals surface area (Å²) in [7, 11) is 0. The van der Waals surface area contributed by atoms with Crippen LogP contribution >= 0.6 is 11.6 Å². The minimum Gasteiger partial charge on any atom is -0.298 e. The van der Waals surface area contributed by atoms with Gasteiger partial charge in [0.05, 0.1) is 0 Å². The first-order chi connectivity index (χ1) is 8.66. The van der Waals surface area contributed by atoms with E-state index >= 15 is 0 Å². The van der Waals surface area contributed by atoms with Gasteiger partial charge < -0.3 is 0 Å². The van der Waals surface area contributed by atoms with Crippen molar-refractivity contribution in [2.75, 3.05) is 0 Å². The maximum Gasteiger partial charge on any atom is 0.155 e. The predicted octanol–water partition coefficient (Wildman–Crippen LogP) is 4.65. The van der Waals surface area contributed by atoms with Crippen LogP contribution in [0.2, 0.25) is 0 Å². The third-order valence-corrected chi connectivity index (χ3v) is 4.21. The van der Waals surface area contributed by atoms with E-state index in [1.54, 1.807) is 12.1 Å². The number of alkyl halides is 1. The second-order valence-electron chi connectivity index (χ2n) is 5.07. The molecule has 0 aromatic heterocycles. The van der Waals surface area contributed by atoms with Gasteiger partial charge in [0.1, 0.15) is 11.2 Å². The molecule has 0 N–H and O–H groups in total. The summed E-state index contributed by atoms with van der Waals surface area (Å²) >= 11 is 6.12. The van der Waals surface area contributed by atoms with Crippen molar-refractivity contribution in [1.82, 2.24) is 0 Å². The maximum atomic E-state index is 12.8. The molecule has 0 heterocycles. The number of rotatable bonds is 5. The molecule has 1 aliphatic carbocycles. The fourth-order valence-corrected chi connectivity index (χ4v) is 2.84. The Labute approximate surface area is 112 Å². The van der Waals surface area contributed by atoms with E-state index in [-0.39, 0.29) is 11.6 Å². The van der Waals surface area contributed by atoms with Gasteiger partial charge in [-0.1, -0.05) is 37.8 Å². The lowest BCUT2D eigenvalue weighted by Gasteiger charge is -2.11. The SMILES string of the molecule is O=C(CCC1CCCC1)C(Cl)c1ccc(F)cc1. The van der Waals surface area contributed by atoms with Crippen LogP contribution in [-0.4, -0.2) is 5.78 Å². The van der Waals surface area contributed by atoms with Gasteiger partial charge in [-0.3, -0.25) is 4.79 Å². The number of carbonyl (C=O) groups excluding carboxylic acids is 1. The molecule has 98 valence electrons. The Morgan fingerprint density at radius 2 is 1.89 bits per heavy atom. The van der Waals surface area contributed by atoms with Crippen LogP contribution in [0.1, 0.15) is 49.5 Å². The number of halogens is 2. The van der Waals surface area contributed by atoms with Crippen molar-refractivity contribution in [3.05, 3.63) is 35.6 Å². The molecule has 1 unspecified atom stereocenters. The Kier molecular flexibility index (Phi) is 4.76. The molecule has 0 radical (unpaired) electrons. The van der Waals surface area contributed by atoms with Crippen LogP contribution in [0, 0.1) is 11.7 Å². The lowest BCUT2D eigenvalue weighted by atomic mass is 9.97. The minimum atomic E-state index is -0.632. The van der Waals surface area contributed by atoms with E-state index in [2.05, 4.69) is 0 Å². The Hall–Kier alpha value is -0.890. The summed E-state index contributed by atoms with van der Waals surface area (Å²) in [6, 6.07) is 5.85. The van der Waals surface area contributed by atoms with Crippen molar-refractivity contribution in [2.45, 2.75) is 43.9 Å². The zero-order valence-electron chi connectivity index (χ0n) is 10.4. The summed E-state index contributed by atoms with van der Waals surface area (Å²) in [6.07, 6.45) is 6.56. The van der Waals surface area contributed by atoms with Crippen LogP contribution in [-0.2, 0) is 4.79 Å². The monoisotopic (exact) mass is 268 g/mol. The highest BCUT2D eigenvalue weighted by atomic mass is 35.5. The highest BCUT2D eigenvalue weighted by molar-refractivity contribution is 6.31. The van der Waals surface area contributed by atoms with Gasteiger partial charge in [0.2, 0.25) is 0 Å². The summed E-state index contributed by atoms with van der Waals surface area (Å²) in [6.45, 7) is 0. The molecule has 0 amide bonds. The molecule has 2 rings (SSSR count). The van der Waals surface area contributed by atoms with Crippen LogP contribution in [0.15, 0.2) is 24.3 Å². The lowest BCUT2D eigenvalue weighted by Crippen LogP contribution is -2.08. The number of hydrogen-bond donors (Lipinski definition) is 0. The number of hydrogen-bond acceptors (Lipinski definition) is 1. The Balaban J connectivity index is 1.85. The van der Waals surface area contributed by atoms with Crippen LogP contribution < -0.4 is 0 Å². The third kappa shape index (κ3) is 3.55. The first-order valence-corrected chi connectivity index (χ1v) is 7.02. The molecule has 1 fully saturated rings. The van der Waals surface area contributed by atoms with Crippen molar-refractivity contribution in [2.24, 2.45) is 5.92 Å². The molecule has 3 heteroatoms. The Bertz CT molecular complexity index is 395. The quantitative estimate of drug-likeness (QED) is 0.711. The molecule has 1 atom stereocenters. The standard InChI is InChI=1S/C15H18ClFO/c16-15(12-6-8-13(17)9-7-12)14(18)10-5-11-3-1-2-4-11/h6-9,11,15H,1-5,10H2. The summed E-state index contributed by atoms with van der Waals surface area (Å²) in [4.78, 5) is 12.0. The zero-order chi connectivity index (χ0) is 13.0. The van der Waals surface area contributed by atoms with Gasteiger partial charge in [-0.2, -0.15) is 0 Å². The third-order valence-electron chi connectivity index (χ3n) is 3.72. The zero-order valence-corrected chi connectivity index (χ0v) is 11.1. The van der Waals surface area contributed by atoms with Gasteiger partial charge in [0.15, 0.2) is 5.78 Å². The summed E-state index contributed by atoms with van der Waals surface area (Å²) in [5, 5.41) is -0.632. The van der Waals surface area contributed by atoms with Gasteiger partial charge in [0.25, 0.3) is 0 Å². The second kappa shape index (κ2) is 6.33. The molecule has 1 aromatic carbocycles. The lowest BCUT2D eigenvalue weighted by molar-refractivity contribution is -0.119. The molecule has 1 aliphatic rings. The molecule has 1 aromatic rings. The van der Waals surface area contributed by atoms with E-state index < -0.39 is 5.38 Å². The van der Waals surface area contributed by atoms with Crippen LogP contribution in [0.25, 0.3) is 0 Å². The number of ketones is 1. The fraction of sp³-hybridized carbons (Fsp3) is 0.533. The topological polar surface area (TPSA) is 17.1 Å². The first kappa shape index (κ1) is 13.5. The van der Waals surface area contributed by atoms with E-state index in [1.165, 1.54) is 37.8 Å². The molecule has 1 nitrogen and oxygen atoms in total. The summed E-state index contributed by atoms with van der Waals surface area (Å²) in [5.41, 5.74) is 0.689. The van der Waals surface area contributed by atoms with Crippen LogP contribution in [0.3, 0.4) is 0 Å². The van der Waals surface area contributed by atoms with Crippen molar-refractivity contribution >= 4 is 17.4 Å². The van der Waals surface area contributed by atoms with Crippen molar-refractivity contribution in [3.63, 3.8) is 0 Å². The molecule has 1 saturated carbocycles. The first-order valence-electron chi connectivity index (χ1n) is 6.59. The predicted molar refractivity (Wildman–Crippen MR) is 71.2 cm³/mol. The molecular weight excluding hydrogens is 251 g/mol. The van der Waals surface area contributed by atoms with Gasteiger partial charge >= 0.3 is 0 Å². The molecule has 18 heavy (non-hydrogen) atoms. The van der Waals surface area contributed by atoms with Gasteiger partial charge in [-0.15, -0.1) is 11.6 Å². The molecule has 0 saturated heterocycles. The number of carbonyl (C=O) groups is 1. The Morgan fingerprint density at radius 3 is 2.50 bits per heavy atom. The van der Waals surface area contributed by atoms with Crippen LogP contribution in [0.5, 0.6) is 0 Å². The summed E-state index contributed by atoms with van der Waals surface area (Å²) < 4.78 is 12.8. The van der Waals surface area contributed by atoms with Gasteiger partial charge in [0, 0.05) is 6.42 Å². The molecule has 0 bridgehead atoms. The molecular formula is C15H18ClFO. The van der Waals surface area contributed by atoms with Crippen molar-refractivity contribution in [1.29, 1.82) is 0 Å². The number of benzene rings is 1. The van der Waals surface area contributed by atoms with Crippen molar-refractivity contribution in [3.8, 4) is 0 Å². The van der Waals surface area contributed by atoms with Gasteiger partial charge in [-0.05, 0) is 30.0 Å². The smallest absolute Gasteiger partial charge is 0.155 e. The van der Waals surface area contributed by atoms with E-state index in [9.17, 15) is 9.18 Å². The van der Waals surface area contributed by atoms with Gasteiger partial charge in [-0.25, -0.2) is 4.39 Å². The van der Waals surface area contributed by atoms with Crippen LogP contribution in [0.4, 0.5) is 4.39 Å². The van der Waals surface area contributed by atoms with E-state index in [1.807, 2.05) is 0 Å². The van der Waals surface area contributed by atoms with E-state index in [0.29, 0.717) is 17.9 Å². The van der Waals surface area contributed by atoms with E-state index in [4.69, 9.17) is 11.6 Å². The highest BCUT2D eigenvalue weighted by Crippen LogP contribution is 2.30. The average molecular weight is 269 g/mol. The van der Waals surface area contributed by atoms with Crippen molar-refractivity contribution < 1.29 is 9.18 Å². The minimum absolute atomic E-state index is 0.0511.